The Hall–Kier alpha value is -1.80. The molecule has 1 atom stereocenters. The van der Waals surface area contributed by atoms with Crippen molar-refractivity contribution in [2.24, 2.45) is 0 Å². The smallest absolute Gasteiger partial charge is 0.466 e. The monoisotopic (exact) mass is 365 g/mol. The van der Waals surface area contributed by atoms with E-state index in [0.717, 1.165) is 5.56 Å². The number of carbonyl (C=O) groups excluding carboxylic acids is 2. The fourth-order valence-corrected chi connectivity index (χ4v) is 2.78. The lowest BCUT2D eigenvalue weighted by Gasteiger charge is -2.32. The molecule has 26 heavy (non-hydrogen) atoms. The lowest BCUT2D eigenvalue weighted by molar-refractivity contribution is -0.143. The first-order chi connectivity index (χ1) is 12.1. The number of hydrogen-bond acceptors (Lipinski definition) is 6. The molecule has 0 saturated carbocycles. The predicted molar refractivity (Wildman–Crippen MR) is 96.8 cm³/mol. The fraction of sp³-hybridized carbons (Fsp3) is 0.667. The molecular weight excluding hydrogens is 337 g/mol. The molecule has 0 radical (unpaired) electrons. The van der Waals surface area contributed by atoms with E-state index in [0.29, 0.717) is 12.3 Å². The van der Waals surface area contributed by atoms with Crippen LogP contribution in [0.1, 0.15) is 69.8 Å². The number of carbonyl (C=O) groups is 2. The average molecular weight is 365 g/mol. The van der Waals surface area contributed by atoms with Crippen molar-refractivity contribution >= 4 is 19.1 Å². The highest BCUT2D eigenvalue weighted by molar-refractivity contribution is 6.48. The van der Waals surface area contributed by atoms with Crippen molar-refractivity contribution in [2.45, 2.75) is 65.0 Å². The molecule has 1 unspecified atom stereocenters. The van der Waals surface area contributed by atoms with Crippen LogP contribution >= 0.6 is 0 Å². The van der Waals surface area contributed by atoms with Crippen LogP contribution in [0, 0.1) is 0 Å². The maximum Gasteiger partial charge on any atom is 0.466 e. The van der Waals surface area contributed by atoms with Crippen LogP contribution in [-0.2, 0) is 23.6 Å². The molecule has 0 spiro atoms. The van der Waals surface area contributed by atoms with Gasteiger partial charge in [0.05, 0.1) is 30.8 Å². The molecule has 0 aliphatic carbocycles. The first-order valence-electron chi connectivity index (χ1n) is 8.98. The van der Waals surface area contributed by atoms with Crippen molar-refractivity contribution in [3.8, 4) is 0 Å². The van der Waals surface area contributed by atoms with Crippen molar-refractivity contribution < 1.29 is 28.4 Å². The fourth-order valence-electron chi connectivity index (χ4n) is 2.78. The number of aromatic amines is 1. The van der Waals surface area contributed by atoms with E-state index in [2.05, 4.69) is 4.98 Å². The minimum atomic E-state index is -0.629. The van der Waals surface area contributed by atoms with E-state index >= 15 is 0 Å². The van der Waals surface area contributed by atoms with Crippen molar-refractivity contribution in [1.82, 2.24) is 4.98 Å². The summed E-state index contributed by atoms with van der Waals surface area (Å²) < 4.78 is 22.3. The molecule has 0 aromatic carbocycles. The minimum absolute atomic E-state index is 0.0881. The van der Waals surface area contributed by atoms with Gasteiger partial charge in [-0.1, -0.05) is 0 Å². The molecule has 8 heteroatoms. The van der Waals surface area contributed by atoms with Crippen molar-refractivity contribution in [2.75, 3.05) is 13.2 Å². The highest BCUT2D eigenvalue weighted by Gasteiger charge is 2.54. The lowest BCUT2D eigenvalue weighted by atomic mass is 9.66. The number of rotatable bonds is 7. The summed E-state index contributed by atoms with van der Waals surface area (Å²) in [5.74, 6) is -1.19. The van der Waals surface area contributed by atoms with E-state index in [1.807, 2.05) is 27.7 Å². The molecule has 1 aromatic rings. The van der Waals surface area contributed by atoms with Gasteiger partial charge in [0.1, 0.15) is 5.69 Å². The summed E-state index contributed by atoms with van der Waals surface area (Å²) >= 11 is 0. The van der Waals surface area contributed by atoms with Crippen molar-refractivity contribution in [3.05, 3.63) is 23.5 Å². The van der Waals surface area contributed by atoms with Gasteiger partial charge in [0.15, 0.2) is 0 Å². The molecule has 7 nitrogen and oxygen atoms in total. The van der Waals surface area contributed by atoms with Crippen LogP contribution in [0.4, 0.5) is 0 Å². The van der Waals surface area contributed by atoms with Gasteiger partial charge in [0.25, 0.3) is 0 Å². The van der Waals surface area contributed by atoms with Crippen LogP contribution in [0.3, 0.4) is 0 Å². The zero-order valence-corrected chi connectivity index (χ0v) is 16.4. The Balaban J connectivity index is 2.28. The summed E-state index contributed by atoms with van der Waals surface area (Å²) in [5, 5.41) is 0. The number of nitrogens with one attached hydrogen (secondary N) is 1. The maximum atomic E-state index is 12.1. The number of H-pyrrole nitrogens is 1. The second kappa shape index (κ2) is 7.84. The standard InChI is InChI=1S/C18H28BNO6/c1-7-23-15(21)10-13(19-25-17(3,4)18(5,6)26-19)12-9-14(20-11-12)16(22)24-8-2/h9,11,13,20H,7-8,10H2,1-6H3. The van der Waals surface area contributed by atoms with Gasteiger partial charge < -0.3 is 23.8 Å². The number of aromatic nitrogens is 1. The number of esters is 2. The Labute approximate surface area is 154 Å². The highest BCUT2D eigenvalue weighted by Crippen LogP contribution is 2.42. The summed E-state index contributed by atoms with van der Waals surface area (Å²) in [7, 11) is -0.629. The van der Waals surface area contributed by atoms with E-state index in [-0.39, 0.29) is 19.0 Å². The Kier molecular flexibility index (Phi) is 6.19. The third-order valence-corrected chi connectivity index (χ3v) is 4.92. The summed E-state index contributed by atoms with van der Waals surface area (Å²) in [5.41, 5.74) is 0.0160. The first kappa shape index (κ1) is 20.5. The van der Waals surface area contributed by atoms with E-state index in [9.17, 15) is 9.59 Å². The molecule has 2 rings (SSSR count). The highest BCUT2D eigenvalue weighted by atomic mass is 16.7. The predicted octanol–water partition coefficient (Wildman–Crippen LogP) is 2.86. The van der Waals surface area contributed by atoms with Crippen LogP contribution in [0.5, 0.6) is 0 Å². The molecule has 0 bridgehead atoms. The molecule has 0 amide bonds. The maximum absolute atomic E-state index is 12.1. The van der Waals surface area contributed by atoms with Gasteiger partial charge in [0.2, 0.25) is 0 Å². The molecule has 1 aliphatic heterocycles. The van der Waals surface area contributed by atoms with E-state index in [1.54, 1.807) is 26.1 Å². The van der Waals surface area contributed by atoms with E-state index in [1.165, 1.54) is 0 Å². The SMILES string of the molecule is CCOC(=O)CC(B1OC(C)(C)C(C)(C)O1)c1c[nH]c(C(=O)OCC)c1. The third-order valence-electron chi connectivity index (χ3n) is 4.92. The molecule has 1 aliphatic rings. The molecular formula is C18H28BNO6. The third kappa shape index (κ3) is 4.30. The second-order valence-corrected chi connectivity index (χ2v) is 7.31. The van der Waals surface area contributed by atoms with Gasteiger partial charge in [-0.3, -0.25) is 4.79 Å². The Morgan fingerprint density at radius 2 is 1.69 bits per heavy atom. The topological polar surface area (TPSA) is 86.9 Å². The lowest BCUT2D eigenvalue weighted by Crippen LogP contribution is -2.41. The zero-order valence-electron chi connectivity index (χ0n) is 16.4. The molecule has 1 aromatic heterocycles. The number of hydrogen-bond donors (Lipinski definition) is 1. The summed E-state index contributed by atoms with van der Waals surface area (Å²) in [4.78, 5) is 26.9. The largest absolute Gasteiger partial charge is 0.466 e. The van der Waals surface area contributed by atoms with Gasteiger partial charge >= 0.3 is 19.1 Å². The minimum Gasteiger partial charge on any atom is -0.466 e. The zero-order chi connectivity index (χ0) is 19.5. The molecule has 2 heterocycles. The molecule has 1 N–H and O–H groups in total. The summed E-state index contributed by atoms with van der Waals surface area (Å²) in [6, 6.07) is 1.67. The van der Waals surface area contributed by atoms with Crippen LogP contribution in [0.25, 0.3) is 0 Å². The molecule has 144 valence electrons. The first-order valence-corrected chi connectivity index (χ1v) is 8.98. The van der Waals surface area contributed by atoms with Crippen molar-refractivity contribution in [3.63, 3.8) is 0 Å². The van der Waals surface area contributed by atoms with Crippen molar-refractivity contribution in [1.29, 1.82) is 0 Å². The van der Waals surface area contributed by atoms with Gasteiger partial charge in [-0.2, -0.15) is 0 Å². The van der Waals surface area contributed by atoms with Crippen LogP contribution < -0.4 is 0 Å². The Bertz CT molecular complexity index is 638. The van der Waals surface area contributed by atoms with Crippen LogP contribution in [0.2, 0.25) is 0 Å². The van der Waals surface area contributed by atoms with Gasteiger partial charge in [-0.05, 0) is 53.2 Å². The molecule has 1 fully saturated rings. The van der Waals surface area contributed by atoms with E-state index < -0.39 is 30.1 Å². The second-order valence-electron chi connectivity index (χ2n) is 7.31. The van der Waals surface area contributed by atoms with Gasteiger partial charge in [-0.15, -0.1) is 0 Å². The Morgan fingerprint density at radius 3 is 2.23 bits per heavy atom. The summed E-state index contributed by atoms with van der Waals surface area (Å²) in [6.07, 6.45) is 1.77. The van der Waals surface area contributed by atoms with Crippen LogP contribution in [0.15, 0.2) is 12.3 Å². The normalized spacial score (nSPS) is 19.2. The Morgan fingerprint density at radius 1 is 1.12 bits per heavy atom. The van der Waals surface area contributed by atoms with Gasteiger partial charge in [-0.25, -0.2) is 4.79 Å². The van der Waals surface area contributed by atoms with Crippen LogP contribution in [-0.4, -0.2) is 48.5 Å². The quantitative estimate of drug-likeness (QED) is 0.591. The molecule has 1 saturated heterocycles. The summed E-state index contributed by atoms with van der Waals surface area (Å²) in [6.45, 7) is 11.9. The average Bonchev–Trinajstić information content (AvgIpc) is 3.08. The van der Waals surface area contributed by atoms with Gasteiger partial charge in [0, 0.05) is 12.0 Å². The number of ether oxygens (including phenoxy) is 2. The van der Waals surface area contributed by atoms with E-state index in [4.69, 9.17) is 18.8 Å².